The van der Waals surface area contributed by atoms with Crippen LogP contribution in [0.3, 0.4) is 0 Å². The van der Waals surface area contributed by atoms with Crippen molar-refractivity contribution in [2.24, 2.45) is 0 Å². The summed E-state index contributed by atoms with van der Waals surface area (Å²) in [5.41, 5.74) is -0.160. The van der Waals surface area contributed by atoms with E-state index < -0.39 is 8.53 Å². The van der Waals surface area contributed by atoms with E-state index in [0.717, 1.165) is 19.3 Å². The van der Waals surface area contributed by atoms with Gasteiger partial charge in [0.05, 0.1) is 30.8 Å². The molecular weight excluding hydrogens is 401 g/mol. The number of ether oxygens (including phenoxy) is 1. The van der Waals surface area contributed by atoms with Crippen LogP contribution in [0.2, 0.25) is 0 Å². The average Bonchev–Trinajstić information content (AvgIpc) is 2.64. The maximum absolute atomic E-state index is 12.5. The van der Waals surface area contributed by atoms with E-state index in [1.165, 1.54) is 0 Å². The topological polar surface area (TPSA) is 75.0 Å². The first kappa shape index (κ1) is 27.3. The third-order valence-electron chi connectivity index (χ3n) is 4.77. The fraction of sp³-hybridized carbons (Fsp3) is 0.909. The standard InChI is InChI=1S/C22H42N3O4P/c1-18(2)25(19(3)4)30(28-17-9-13-23)29-20-11-14-24(15-12-20)21(26)10-8-16-27-22(5,6)7/h18-20H,8-12,14-17H2,1-7H3. The molecule has 1 aliphatic heterocycles. The third-order valence-corrected chi connectivity index (χ3v) is 6.95. The molecule has 1 heterocycles. The SMILES string of the molecule is CC(C)N(C(C)C)P(OCCC#N)OC1CCN(C(=O)CCCOC(C)(C)C)CC1. The lowest BCUT2D eigenvalue weighted by molar-refractivity contribution is -0.133. The minimum Gasteiger partial charge on any atom is -0.376 e. The normalized spacial score (nSPS) is 17.0. The van der Waals surface area contributed by atoms with E-state index in [-0.39, 0.29) is 29.7 Å². The van der Waals surface area contributed by atoms with Gasteiger partial charge in [0.25, 0.3) is 8.53 Å². The van der Waals surface area contributed by atoms with Crippen molar-refractivity contribution in [3.05, 3.63) is 0 Å². The molecular formula is C22H42N3O4P. The van der Waals surface area contributed by atoms with Crippen LogP contribution in [0.4, 0.5) is 0 Å². The van der Waals surface area contributed by atoms with Crippen LogP contribution >= 0.6 is 8.53 Å². The molecule has 1 amide bonds. The van der Waals surface area contributed by atoms with Gasteiger partial charge in [0, 0.05) is 38.2 Å². The maximum atomic E-state index is 12.5. The summed E-state index contributed by atoms with van der Waals surface area (Å²) < 4.78 is 20.3. The number of likely N-dealkylation sites (tertiary alicyclic amines) is 1. The lowest BCUT2D eigenvalue weighted by Crippen LogP contribution is -2.41. The number of carbonyl (C=O) groups is 1. The molecule has 1 unspecified atom stereocenters. The molecule has 0 radical (unpaired) electrons. The van der Waals surface area contributed by atoms with Crippen molar-refractivity contribution in [2.45, 2.75) is 104 Å². The van der Waals surface area contributed by atoms with Crippen LogP contribution in [0.25, 0.3) is 0 Å². The molecule has 1 aliphatic rings. The highest BCUT2D eigenvalue weighted by Gasteiger charge is 2.32. The Balaban J connectivity index is 2.50. The predicted molar refractivity (Wildman–Crippen MR) is 121 cm³/mol. The quantitative estimate of drug-likeness (QED) is 0.317. The number of rotatable bonds is 12. The summed E-state index contributed by atoms with van der Waals surface area (Å²) in [6.45, 7) is 17.0. The monoisotopic (exact) mass is 443 g/mol. The second-order valence-corrected chi connectivity index (χ2v) is 10.7. The zero-order chi connectivity index (χ0) is 22.7. The lowest BCUT2D eigenvalue weighted by Gasteiger charge is -2.39. The number of nitriles is 1. The van der Waals surface area contributed by atoms with Gasteiger partial charge < -0.3 is 18.7 Å². The summed E-state index contributed by atoms with van der Waals surface area (Å²) in [6.07, 6.45) is 3.34. The van der Waals surface area contributed by atoms with E-state index in [4.69, 9.17) is 19.0 Å². The largest absolute Gasteiger partial charge is 0.376 e. The molecule has 0 saturated carbocycles. The molecule has 8 heteroatoms. The Morgan fingerprint density at radius 2 is 1.77 bits per heavy atom. The third kappa shape index (κ3) is 10.5. The Morgan fingerprint density at radius 1 is 1.17 bits per heavy atom. The van der Waals surface area contributed by atoms with Crippen molar-refractivity contribution < 1.29 is 18.6 Å². The summed E-state index contributed by atoms with van der Waals surface area (Å²) >= 11 is 0. The molecule has 1 rings (SSSR count). The number of hydrogen-bond acceptors (Lipinski definition) is 6. The van der Waals surface area contributed by atoms with Crippen LogP contribution in [-0.2, 0) is 18.6 Å². The van der Waals surface area contributed by atoms with Crippen molar-refractivity contribution >= 4 is 14.4 Å². The first-order valence-corrected chi connectivity index (χ1v) is 12.3. The first-order chi connectivity index (χ1) is 14.0. The van der Waals surface area contributed by atoms with Crippen LogP contribution in [0.1, 0.15) is 80.6 Å². The molecule has 0 aromatic rings. The Morgan fingerprint density at radius 3 is 2.27 bits per heavy atom. The highest BCUT2D eigenvalue weighted by molar-refractivity contribution is 7.44. The molecule has 1 saturated heterocycles. The van der Waals surface area contributed by atoms with Gasteiger partial charge in [0.2, 0.25) is 5.91 Å². The zero-order valence-corrected chi connectivity index (χ0v) is 20.9. The summed E-state index contributed by atoms with van der Waals surface area (Å²) in [7, 11) is -1.23. The van der Waals surface area contributed by atoms with Crippen LogP contribution in [-0.4, -0.2) is 65.6 Å². The van der Waals surface area contributed by atoms with E-state index >= 15 is 0 Å². The molecule has 0 aliphatic carbocycles. The molecule has 0 N–H and O–H groups in total. The van der Waals surface area contributed by atoms with Crippen molar-refractivity contribution in [2.75, 3.05) is 26.3 Å². The molecule has 174 valence electrons. The average molecular weight is 444 g/mol. The summed E-state index contributed by atoms with van der Waals surface area (Å²) in [5.74, 6) is 0.199. The molecule has 0 aromatic heterocycles. The Hall–Kier alpha value is -0.770. The van der Waals surface area contributed by atoms with E-state index in [1.807, 2.05) is 25.7 Å². The highest BCUT2D eigenvalue weighted by atomic mass is 31.2. The van der Waals surface area contributed by atoms with Gasteiger partial charge in [0.1, 0.15) is 0 Å². The van der Waals surface area contributed by atoms with Crippen molar-refractivity contribution in [3.63, 3.8) is 0 Å². The summed E-state index contributed by atoms with van der Waals surface area (Å²) in [6, 6.07) is 2.70. The minimum atomic E-state index is -1.23. The summed E-state index contributed by atoms with van der Waals surface area (Å²) in [5, 5.41) is 8.83. The molecule has 1 fully saturated rings. The van der Waals surface area contributed by atoms with Gasteiger partial charge in [0.15, 0.2) is 0 Å². The van der Waals surface area contributed by atoms with Gasteiger partial charge >= 0.3 is 0 Å². The van der Waals surface area contributed by atoms with Gasteiger partial charge in [-0.15, -0.1) is 0 Å². The van der Waals surface area contributed by atoms with Gasteiger partial charge in [-0.05, 0) is 67.7 Å². The van der Waals surface area contributed by atoms with E-state index in [9.17, 15) is 4.79 Å². The van der Waals surface area contributed by atoms with Crippen LogP contribution in [0.15, 0.2) is 0 Å². The van der Waals surface area contributed by atoms with Crippen molar-refractivity contribution in [1.82, 2.24) is 9.57 Å². The van der Waals surface area contributed by atoms with Crippen LogP contribution in [0.5, 0.6) is 0 Å². The molecule has 30 heavy (non-hydrogen) atoms. The molecule has 7 nitrogen and oxygen atoms in total. The predicted octanol–water partition coefficient (Wildman–Crippen LogP) is 4.87. The number of hydrogen-bond donors (Lipinski definition) is 0. The highest BCUT2D eigenvalue weighted by Crippen LogP contribution is 2.48. The fourth-order valence-corrected chi connectivity index (χ4v) is 5.16. The Bertz CT molecular complexity index is 529. The van der Waals surface area contributed by atoms with Crippen LogP contribution < -0.4 is 0 Å². The van der Waals surface area contributed by atoms with Gasteiger partial charge in [-0.3, -0.25) is 4.79 Å². The molecule has 0 bridgehead atoms. The maximum Gasteiger partial charge on any atom is 0.259 e. The fourth-order valence-electron chi connectivity index (χ4n) is 3.39. The zero-order valence-electron chi connectivity index (χ0n) is 20.0. The molecule has 0 aromatic carbocycles. The van der Waals surface area contributed by atoms with Crippen LogP contribution in [0, 0.1) is 11.3 Å². The van der Waals surface area contributed by atoms with Crippen molar-refractivity contribution in [1.29, 1.82) is 5.26 Å². The Labute approximate surface area is 185 Å². The van der Waals surface area contributed by atoms with E-state index in [2.05, 4.69) is 38.4 Å². The minimum absolute atomic E-state index is 0.0754. The first-order valence-electron chi connectivity index (χ1n) is 11.2. The van der Waals surface area contributed by atoms with Gasteiger partial charge in [-0.2, -0.15) is 5.26 Å². The second-order valence-electron chi connectivity index (χ2n) is 9.30. The second kappa shape index (κ2) is 13.6. The lowest BCUT2D eigenvalue weighted by atomic mass is 10.1. The number of amides is 1. The number of piperidine rings is 1. The smallest absolute Gasteiger partial charge is 0.259 e. The van der Waals surface area contributed by atoms with E-state index in [1.54, 1.807) is 0 Å². The van der Waals surface area contributed by atoms with E-state index in [0.29, 0.717) is 39.1 Å². The number of carbonyl (C=O) groups excluding carboxylic acids is 1. The van der Waals surface area contributed by atoms with Gasteiger partial charge in [-0.1, -0.05) is 0 Å². The van der Waals surface area contributed by atoms with Gasteiger partial charge in [-0.25, -0.2) is 4.67 Å². The van der Waals surface area contributed by atoms with Crippen molar-refractivity contribution in [3.8, 4) is 6.07 Å². The molecule has 0 spiro atoms. The Kier molecular flexibility index (Phi) is 12.4. The number of nitrogens with zero attached hydrogens (tertiary/aromatic N) is 3. The summed E-state index contributed by atoms with van der Waals surface area (Å²) in [4.78, 5) is 14.4. The molecule has 1 atom stereocenters.